The van der Waals surface area contributed by atoms with Gasteiger partial charge in [-0.3, -0.25) is 0 Å². The molecular formula is C64H38N4. The van der Waals surface area contributed by atoms with Gasteiger partial charge in [-0.25, -0.2) is 9.97 Å². The zero-order valence-electron chi connectivity index (χ0n) is 36.7. The van der Waals surface area contributed by atoms with Crippen LogP contribution in [0.1, 0.15) is 0 Å². The first kappa shape index (κ1) is 37.1. The van der Waals surface area contributed by atoms with Gasteiger partial charge >= 0.3 is 0 Å². The third-order valence-electron chi connectivity index (χ3n) is 14.4. The maximum atomic E-state index is 5.46. The largest absolute Gasteiger partial charge is 0.309 e. The average molecular weight is 863 g/mol. The fraction of sp³-hybridized carbons (Fsp3) is 0. The molecule has 0 N–H and O–H groups in total. The number of fused-ring (bicyclic) bond motifs is 14. The molecule has 68 heavy (non-hydrogen) atoms. The van der Waals surface area contributed by atoms with Crippen LogP contribution >= 0.6 is 0 Å². The molecule has 0 spiro atoms. The van der Waals surface area contributed by atoms with E-state index in [1.54, 1.807) is 0 Å². The molecule has 0 aliphatic heterocycles. The predicted octanol–water partition coefficient (Wildman–Crippen LogP) is 16.9. The minimum Gasteiger partial charge on any atom is -0.309 e. The van der Waals surface area contributed by atoms with Crippen LogP contribution in [0.25, 0.3) is 142 Å². The molecular weight excluding hydrogens is 825 g/mol. The summed E-state index contributed by atoms with van der Waals surface area (Å²) in [7, 11) is 0. The van der Waals surface area contributed by atoms with Gasteiger partial charge in [-0.15, -0.1) is 0 Å². The van der Waals surface area contributed by atoms with Gasteiger partial charge in [0.15, 0.2) is 0 Å². The van der Waals surface area contributed by atoms with Crippen molar-refractivity contribution in [3.63, 3.8) is 0 Å². The van der Waals surface area contributed by atoms with Gasteiger partial charge in [0.25, 0.3) is 0 Å². The number of rotatable bonds is 4. The SMILES string of the molecule is c1ccc2cc3c(cc2c1)c1ccc(-n2c4ccccc4c4c5ccccc5ccc42)cc1n3-c1ccc(-c2nc3ccccc3nc2-c2ccc3c(ccc4ccccc43)c2)c2ccccc12. The summed E-state index contributed by atoms with van der Waals surface area (Å²) in [6.45, 7) is 0. The standard InChI is InChI=1S/C64H38N4/c1-2-16-42-37-60-54(36-41(42)15-1)51-31-29-45(67-57-24-12-9-21-53(57)62-48-18-6-4-14-40(48)28-33-59(62)67)38-61(51)68(60)58-34-32-52(49-19-7-8-20-50(49)58)64-63(65-55-22-10-11-23-56(55)66-64)44-27-30-47-43(35-44)26-25-39-13-3-5-17-46(39)47/h1-38H. The van der Waals surface area contributed by atoms with Crippen LogP contribution in [0.5, 0.6) is 0 Å². The van der Waals surface area contributed by atoms with Crippen molar-refractivity contribution in [3.05, 3.63) is 231 Å². The van der Waals surface area contributed by atoms with Crippen molar-refractivity contribution in [1.82, 2.24) is 19.1 Å². The highest BCUT2D eigenvalue weighted by molar-refractivity contribution is 6.22. The Morgan fingerprint density at radius 1 is 0.279 bits per heavy atom. The monoisotopic (exact) mass is 862 g/mol. The first-order valence-corrected chi connectivity index (χ1v) is 23.3. The first-order chi connectivity index (χ1) is 33.7. The zero-order valence-corrected chi connectivity index (χ0v) is 36.7. The third-order valence-corrected chi connectivity index (χ3v) is 14.4. The van der Waals surface area contributed by atoms with Crippen molar-refractivity contribution in [2.45, 2.75) is 0 Å². The molecule has 0 radical (unpaired) electrons. The van der Waals surface area contributed by atoms with E-state index >= 15 is 0 Å². The summed E-state index contributed by atoms with van der Waals surface area (Å²) in [5.41, 5.74) is 12.5. The second kappa shape index (κ2) is 14.2. The molecule has 4 nitrogen and oxygen atoms in total. The molecule has 3 aromatic heterocycles. The number of nitrogens with zero attached hydrogens (tertiary/aromatic N) is 4. The van der Waals surface area contributed by atoms with Crippen molar-refractivity contribution in [1.29, 1.82) is 0 Å². The Morgan fingerprint density at radius 2 is 0.868 bits per heavy atom. The van der Waals surface area contributed by atoms with E-state index in [2.05, 4.69) is 228 Å². The van der Waals surface area contributed by atoms with Gasteiger partial charge in [0.2, 0.25) is 0 Å². The van der Waals surface area contributed by atoms with E-state index in [0.29, 0.717) is 0 Å². The fourth-order valence-corrected chi connectivity index (χ4v) is 11.3. The van der Waals surface area contributed by atoms with Crippen LogP contribution < -0.4 is 0 Å². The minimum atomic E-state index is 0.862. The molecule has 0 saturated heterocycles. The summed E-state index contributed by atoms with van der Waals surface area (Å²) in [5, 5.41) is 17.0. The summed E-state index contributed by atoms with van der Waals surface area (Å²) >= 11 is 0. The van der Waals surface area contributed by atoms with Gasteiger partial charge in [0, 0.05) is 43.7 Å². The lowest BCUT2D eigenvalue weighted by Crippen LogP contribution is -2.00. The molecule has 0 unspecified atom stereocenters. The van der Waals surface area contributed by atoms with Crippen LogP contribution in [0.2, 0.25) is 0 Å². The van der Waals surface area contributed by atoms with Crippen molar-refractivity contribution < 1.29 is 0 Å². The summed E-state index contributed by atoms with van der Waals surface area (Å²) in [6, 6.07) is 84.0. The lowest BCUT2D eigenvalue weighted by atomic mass is 9.95. The summed E-state index contributed by atoms with van der Waals surface area (Å²) in [5.74, 6) is 0. The second-order valence-electron chi connectivity index (χ2n) is 18.1. The van der Waals surface area contributed by atoms with Gasteiger partial charge in [0.05, 0.1) is 50.2 Å². The fourth-order valence-electron chi connectivity index (χ4n) is 11.3. The molecule has 15 aromatic rings. The molecule has 0 aliphatic carbocycles. The Morgan fingerprint density at radius 3 is 1.69 bits per heavy atom. The molecule has 0 amide bonds. The van der Waals surface area contributed by atoms with Crippen molar-refractivity contribution in [2.75, 3.05) is 0 Å². The van der Waals surface area contributed by atoms with Crippen molar-refractivity contribution >= 4 is 109 Å². The molecule has 0 saturated carbocycles. The van der Waals surface area contributed by atoms with Gasteiger partial charge in [0.1, 0.15) is 0 Å². The molecule has 4 heteroatoms. The number of aromatic nitrogens is 4. The minimum absolute atomic E-state index is 0.862. The van der Waals surface area contributed by atoms with E-state index in [1.807, 2.05) is 12.1 Å². The number of para-hydroxylation sites is 3. The van der Waals surface area contributed by atoms with Crippen LogP contribution in [0.4, 0.5) is 0 Å². The van der Waals surface area contributed by atoms with Gasteiger partial charge in [-0.05, 0) is 115 Å². The normalized spacial score (nSPS) is 12.1. The maximum absolute atomic E-state index is 5.46. The number of hydrogen-bond donors (Lipinski definition) is 0. The van der Waals surface area contributed by atoms with Gasteiger partial charge in [-0.2, -0.15) is 0 Å². The van der Waals surface area contributed by atoms with E-state index in [1.165, 1.54) is 75.7 Å². The van der Waals surface area contributed by atoms with Crippen LogP contribution in [0, 0.1) is 0 Å². The summed E-state index contributed by atoms with van der Waals surface area (Å²) < 4.78 is 4.95. The van der Waals surface area contributed by atoms with Gasteiger partial charge in [-0.1, -0.05) is 164 Å². The van der Waals surface area contributed by atoms with E-state index in [-0.39, 0.29) is 0 Å². The van der Waals surface area contributed by atoms with E-state index in [9.17, 15) is 0 Å². The predicted molar refractivity (Wildman–Crippen MR) is 287 cm³/mol. The molecule has 314 valence electrons. The summed E-state index contributed by atoms with van der Waals surface area (Å²) in [4.78, 5) is 10.9. The highest BCUT2D eigenvalue weighted by Crippen LogP contribution is 2.44. The van der Waals surface area contributed by atoms with Crippen LogP contribution in [-0.4, -0.2) is 19.1 Å². The third kappa shape index (κ3) is 5.37. The Balaban J connectivity index is 0.993. The van der Waals surface area contributed by atoms with Crippen molar-refractivity contribution in [2.24, 2.45) is 0 Å². The Hall–Kier alpha value is -9.12. The maximum Gasteiger partial charge on any atom is 0.0979 e. The molecule has 0 bridgehead atoms. The topological polar surface area (TPSA) is 35.6 Å². The second-order valence-corrected chi connectivity index (χ2v) is 18.1. The number of hydrogen-bond acceptors (Lipinski definition) is 2. The first-order valence-electron chi connectivity index (χ1n) is 23.3. The van der Waals surface area contributed by atoms with E-state index in [0.717, 1.165) is 66.7 Å². The summed E-state index contributed by atoms with van der Waals surface area (Å²) in [6.07, 6.45) is 0. The molecule has 0 atom stereocenters. The molecule has 15 rings (SSSR count). The van der Waals surface area contributed by atoms with E-state index in [4.69, 9.17) is 9.97 Å². The lowest BCUT2D eigenvalue weighted by Gasteiger charge is -2.17. The molecule has 12 aromatic carbocycles. The van der Waals surface area contributed by atoms with Crippen molar-refractivity contribution in [3.8, 4) is 33.9 Å². The average Bonchev–Trinajstić information content (AvgIpc) is 3.91. The molecule has 0 fully saturated rings. The Bertz CT molecular complexity index is 4630. The quantitative estimate of drug-likeness (QED) is 0.165. The van der Waals surface area contributed by atoms with Crippen LogP contribution in [0.15, 0.2) is 231 Å². The number of benzene rings is 12. The van der Waals surface area contributed by atoms with Crippen LogP contribution in [0.3, 0.4) is 0 Å². The zero-order chi connectivity index (χ0) is 44.5. The lowest BCUT2D eigenvalue weighted by molar-refractivity contribution is 1.16. The Kier molecular flexibility index (Phi) is 7.75. The smallest absolute Gasteiger partial charge is 0.0979 e. The highest BCUT2D eigenvalue weighted by Gasteiger charge is 2.22. The van der Waals surface area contributed by atoms with E-state index < -0.39 is 0 Å². The van der Waals surface area contributed by atoms with Crippen LogP contribution in [-0.2, 0) is 0 Å². The van der Waals surface area contributed by atoms with Gasteiger partial charge < -0.3 is 9.13 Å². The molecule has 3 heterocycles. The highest BCUT2D eigenvalue weighted by atomic mass is 15.0. The Labute approximate surface area is 390 Å². The molecule has 0 aliphatic rings.